The van der Waals surface area contributed by atoms with Gasteiger partial charge in [0, 0.05) is 31.2 Å². The third kappa shape index (κ3) is 3.11. The van der Waals surface area contributed by atoms with E-state index in [1.165, 1.54) is 44.9 Å². The molecule has 3 heterocycles. The highest BCUT2D eigenvalue weighted by Crippen LogP contribution is 2.37. The van der Waals surface area contributed by atoms with Crippen molar-refractivity contribution >= 4 is 5.91 Å². The van der Waals surface area contributed by atoms with E-state index in [1.54, 1.807) is 0 Å². The maximum Gasteiger partial charge on any atom is 0.239 e. The summed E-state index contributed by atoms with van der Waals surface area (Å²) in [5, 5.41) is 3.62. The Kier molecular flexibility index (Phi) is 4.85. The summed E-state index contributed by atoms with van der Waals surface area (Å²) in [6.45, 7) is 7.36. The fourth-order valence-electron chi connectivity index (χ4n) is 4.81. The van der Waals surface area contributed by atoms with Gasteiger partial charge in [-0.05, 0) is 58.4 Å². The van der Waals surface area contributed by atoms with Crippen LogP contribution in [0.15, 0.2) is 0 Å². The normalized spacial score (nSPS) is 35.0. The Labute approximate surface area is 129 Å². The van der Waals surface area contributed by atoms with Gasteiger partial charge in [0.2, 0.25) is 5.91 Å². The molecule has 3 unspecified atom stereocenters. The van der Waals surface area contributed by atoms with Crippen LogP contribution in [0, 0.1) is 0 Å². The lowest BCUT2D eigenvalue weighted by molar-refractivity contribution is -0.139. The van der Waals surface area contributed by atoms with Crippen molar-refractivity contribution in [2.24, 2.45) is 0 Å². The summed E-state index contributed by atoms with van der Waals surface area (Å²) in [7, 11) is 0. The van der Waals surface area contributed by atoms with Gasteiger partial charge in [-0.3, -0.25) is 9.69 Å². The molecule has 4 nitrogen and oxygen atoms in total. The number of hydrogen-bond donors (Lipinski definition) is 1. The largest absolute Gasteiger partial charge is 0.341 e. The molecule has 21 heavy (non-hydrogen) atoms. The second-order valence-electron chi connectivity index (χ2n) is 7.12. The lowest BCUT2D eigenvalue weighted by Crippen LogP contribution is -2.57. The minimum Gasteiger partial charge on any atom is -0.341 e. The molecular formula is C17H31N3O. The number of carbonyl (C=O) groups is 1. The first-order chi connectivity index (χ1) is 10.2. The summed E-state index contributed by atoms with van der Waals surface area (Å²) >= 11 is 0. The Bertz CT molecular complexity index is 353. The molecule has 3 rings (SSSR count). The molecule has 120 valence electrons. The molecule has 4 heteroatoms. The summed E-state index contributed by atoms with van der Waals surface area (Å²) in [5.74, 6) is 0.383. The number of nitrogens with zero attached hydrogens (tertiary/aromatic N) is 2. The molecule has 1 amide bonds. The molecule has 0 aromatic heterocycles. The van der Waals surface area contributed by atoms with Crippen LogP contribution >= 0.6 is 0 Å². The van der Waals surface area contributed by atoms with E-state index in [2.05, 4.69) is 29.0 Å². The molecular weight excluding hydrogens is 262 g/mol. The van der Waals surface area contributed by atoms with Crippen molar-refractivity contribution in [2.45, 2.75) is 83.0 Å². The average Bonchev–Trinajstić information content (AvgIpc) is 2.78. The van der Waals surface area contributed by atoms with E-state index in [9.17, 15) is 4.79 Å². The first-order valence-electron chi connectivity index (χ1n) is 9.00. The fourth-order valence-corrected chi connectivity index (χ4v) is 4.81. The number of fused-ring (bicyclic) bond motifs is 2. The van der Waals surface area contributed by atoms with Crippen LogP contribution in [-0.4, -0.2) is 59.5 Å². The molecule has 0 spiro atoms. The van der Waals surface area contributed by atoms with Crippen LogP contribution in [0.3, 0.4) is 0 Å². The SMILES string of the molecule is CCNC1CC2CCC(C1)N2C(C)C(=O)N1CCCCC1. The van der Waals surface area contributed by atoms with Crippen LogP contribution in [0.1, 0.15) is 58.8 Å². The Morgan fingerprint density at radius 1 is 1.14 bits per heavy atom. The Morgan fingerprint density at radius 3 is 2.33 bits per heavy atom. The zero-order chi connectivity index (χ0) is 14.8. The lowest BCUT2D eigenvalue weighted by Gasteiger charge is -2.43. The summed E-state index contributed by atoms with van der Waals surface area (Å²) in [6.07, 6.45) is 8.68. The van der Waals surface area contributed by atoms with Crippen LogP contribution in [0.5, 0.6) is 0 Å². The molecule has 0 radical (unpaired) electrons. The Balaban J connectivity index is 1.62. The van der Waals surface area contributed by atoms with E-state index in [0.29, 0.717) is 24.0 Å². The number of carbonyl (C=O) groups excluding carboxylic acids is 1. The van der Waals surface area contributed by atoms with Gasteiger partial charge in [0.25, 0.3) is 0 Å². The highest BCUT2D eigenvalue weighted by atomic mass is 16.2. The van der Waals surface area contributed by atoms with E-state index in [0.717, 1.165) is 19.6 Å². The number of amides is 1. The molecule has 1 N–H and O–H groups in total. The minimum atomic E-state index is 0.0863. The predicted octanol–water partition coefficient (Wildman–Crippen LogP) is 1.99. The molecule has 0 saturated carbocycles. The van der Waals surface area contributed by atoms with E-state index < -0.39 is 0 Å². The van der Waals surface area contributed by atoms with Crippen molar-refractivity contribution in [1.29, 1.82) is 0 Å². The Morgan fingerprint density at radius 2 is 1.76 bits per heavy atom. The van der Waals surface area contributed by atoms with Gasteiger partial charge in [-0.1, -0.05) is 6.92 Å². The van der Waals surface area contributed by atoms with Gasteiger partial charge in [-0.15, -0.1) is 0 Å². The predicted molar refractivity (Wildman–Crippen MR) is 85.2 cm³/mol. The molecule has 0 aromatic carbocycles. The van der Waals surface area contributed by atoms with Crippen molar-refractivity contribution < 1.29 is 4.79 Å². The number of hydrogen-bond acceptors (Lipinski definition) is 3. The summed E-state index contributed by atoms with van der Waals surface area (Å²) in [4.78, 5) is 17.5. The summed E-state index contributed by atoms with van der Waals surface area (Å²) in [6, 6.07) is 2.00. The quantitative estimate of drug-likeness (QED) is 0.861. The topological polar surface area (TPSA) is 35.6 Å². The molecule has 0 aliphatic carbocycles. The highest BCUT2D eigenvalue weighted by Gasteiger charge is 2.44. The van der Waals surface area contributed by atoms with Crippen molar-refractivity contribution in [3.63, 3.8) is 0 Å². The zero-order valence-corrected chi connectivity index (χ0v) is 13.7. The third-order valence-corrected chi connectivity index (χ3v) is 5.75. The maximum absolute atomic E-state index is 12.8. The third-order valence-electron chi connectivity index (χ3n) is 5.75. The fraction of sp³-hybridized carbons (Fsp3) is 0.941. The van der Waals surface area contributed by atoms with Crippen molar-refractivity contribution in [3.05, 3.63) is 0 Å². The van der Waals surface area contributed by atoms with E-state index in [4.69, 9.17) is 0 Å². The molecule has 3 aliphatic rings. The van der Waals surface area contributed by atoms with Gasteiger partial charge < -0.3 is 10.2 Å². The first kappa shape index (κ1) is 15.3. The van der Waals surface area contributed by atoms with Crippen LogP contribution in [0.2, 0.25) is 0 Å². The maximum atomic E-state index is 12.8. The smallest absolute Gasteiger partial charge is 0.239 e. The van der Waals surface area contributed by atoms with Gasteiger partial charge >= 0.3 is 0 Å². The number of piperidine rings is 2. The Hall–Kier alpha value is -0.610. The standard InChI is InChI=1S/C17H31N3O/c1-3-18-14-11-15-7-8-16(12-14)20(15)13(2)17(21)19-9-5-4-6-10-19/h13-16,18H,3-12H2,1-2H3. The number of nitrogens with one attached hydrogen (secondary N) is 1. The average molecular weight is 293 g/mol. The molecule has 3 aliphatic heterocycles. The zero-order valence-electron chi connectivity index (χ0n) is 13.7. The van der Waals surface area contributed by atoms with Crippen molar-refractivity contribution in [1.82, 2.24) is 15.1 Å². The lowest BCUT2D eigenvalue weighted by atomic mass is 9.95. The number of rotatable bonds is 4. The van der Waals surface area contributed by atoms with Gasteiger partial charge in [0.1, 0.15) is 0 Å². The van der Waals surface area contributed by atoms with Crippen molar-refractivity contribution in [3.8, 4) is 0 Å². The van der Waals surface area contributed by atoms with Crippen LogP contribution in [0.25, 0.3) is 0 Å². The van der Waals surface area contributed by atoms with Crippen LogP contribution < -0.4 is 5.32 Å². The molecule has 3 fully saturated rings. The van der Waals surface area contributed by atoms with Gasteiger partial charge in [0.05, 0.1) is 6.04 Å². The number of likely N-dealkylation sites (tertiary alicyclic amines) is 1. The van der Waals surface area contributed by atoms with E-state index >= 15 is 0 Å². The molecule has 0 aromatic rings. The minimum absolute atomic E-state index is 0.0863. The van der Waals surface area contributed by atoms with Crippen molar-refractivity contribution in [2.75, 3.05) is 19.6 Å². The van der Waals surface area contributed by atoms with Crippen LogP contribution in [0.4, 0.5) is 0 Å². The molecule has 3 atom stereocenters. The van der Waals surface area contributed by atoms with Gasteiger partial charge in [-0.25, -0.2) is 0 Å². The second kappa shape index (κ2) is 6.66. The van der Waals surface area contributed by atoms with E-state index in [1.807, 2.05) is 0 Å². The van der Waals surface area contributed by atoms with Crippen LogP contribution in [-0.2, 0) is 4.79 Å². The van der Waals surface area contributed by atoms with Gasteiger partial charge in [-0.2, -0.15) is 0 Å². The first-order valence-corrected chi connectivity index (χ1v) is 9.00. The van der Waals surface area contributed by atoms with Gasteiger partial charge in [0.15, 0.2) is 0 Å². The second-order valence-corrected chi connectivity index (χ2v) is 7.12. The molecule has 2 bridgehead atoms. The molecule has 3 saturated heterocycles. The monoisotopic (exact) mass is 293 g/mol. The van der Waals surface area contributed by atoms with E-state index in [-0.39, 0.29) is 6.04 Å². The summed E-state index contributed by atoms with van der Waals surface area (Å²) in [5.41, 5.74) is 0. The summed E-state index contributed by atoms with van der Waals surface area (Å²) < 4.78 is 0. The highest BCUT2D eigenvalue weighted by molar-refractivity contribution is 5.81.